The van der Waals surface area contributed by atoms with E-state index < -0.39 is 15.9 Å². The lowest BCUT2D eigenvalue weighted by atomic mass is 10.1. The van der Waals surface area contributed by atoms with Crippen LogP contribution in [0.2, 0.25) is 5.02 Å². The number of carbonyl (C=O) groups excluding carboxylic acids is 1. The van der Waals surface area contributed by atoms with Crippen LogP contribution in [0.25, 0.3) is 10.2 Å². The first-order valence-corrected chi connectivity index (χ1v) is 13.5. The summed E-state index contributed by atoms with van der Waals surface area (Å²) in [6, 6.07) is 25.4. The van der Waals surface area contributed by atoms with Gasteiger partial charge in [-0.05, 0) is 60.7 Å². The van der Waals surface area contributed by atoms with E-state index >= 15 is 0 Å². The van der Waals surface area contributed by atoms with Crippen molar-refractivity contribution in [2.45, 2.75) is 11.4 Å². The summed E-state index contributed by atoms with van der Waals surface area (Å²) in [7, 11) is -3.96. The average molecular weight is 535 g/mol. The molecule has 10 heteroatoms. The molecule has 0 aliphatic carbocycles. The van der Waals surface area contributed by atoms with E-state index in [2.05, 4.69) is 14.7 Å². The Kier molecular flexibility index (Phi) is 6.69. The van der Waals surface area contributed by atoms with Gasteiger partial charge in [-0.2, -0.15) is 0 Å². The van der Waals surface area contributed by atoms with Crippen LogP contribution in [0.3, 0.4) is 0 Å². The Bertz CT molecular complexity index is 1610. The zero-order chi connectivity index (χ0) is 25.1. The first-order chi connectivity index (χ1) is 17.4. The lowest BCUT2D eigenvalue weighted by Crippen LogP contribution is -2.31. The number of rotatable bonds is 7. The zero-order valence-corrected chi connectivity index (χ0v) is 21.1. The third-order valence-corrected chi connectivity index (χ3v) is 8.02. The molecule has 0 unspecified atom stereocenters. The Labute approximate surface area is 217 Å². The largest absolute Gasteiger partial charge is 0.279 e. The summed E-state index contributed by atoms with van der Waals surface area (Å²) in [5.41, 5.74) is 1.78. The minimum absolute atomic E-state index is 0.0330. The van der Waals surface area contributed by atoms with Gasteiger partial charge < -0.3 is 0 Å². The number of halogens is 1. The predicted octanol–water partition coefficient (Wildman–Crippen LogP) is 5.99. The molecule has 0 radical (unpaired) electrons. The number of amides is 1. The molecule has 0 bridgehead atoms. The highest BCUT2D eigenvalue weighted by Crippen LogP contribution is 2.32. The van der Waals surface area contributed by atoms with Crippen molar-refractivity contribution in [3.8, 4) is 0 Å². The third kappa shape index (κ3) is 5.08. The van der Waals surface area contributed by atoms with Crippen LogP contribution in [0.4, 0.5) is 10.8 Å². The van der Waals surface area contributed by atoms with Crippen LogP contribution in [0.15, 0.2) is 102 Å². The molecular formula is C26H19ClN4O3S2. The van der Waals surface area contributed by atoms with Crippen LogP contribution >= 0.6 is 22.9 Å². The van der Waals surface area contributed by atoms with Crippen molar-refractivity contribution >= 4 is 59.9 Å². The van der Waals surface area contributed by atoms with E-state index in [4.69, 9.17) is 11.6 Å². The lowest BCUT2D eigenvalue weighted by molar-refractivity contribution is 0.0985. The molecule has 0 atom stereocenters. The minimum atomic E-state index is -3.96. The Hall–Kier alpha value is -3.79. The van der Waals surface area contributed by atoms with Crippen LogP contribution < -0.4 is 9.62 Å². The number of sulfonamides is 1. The Balaban J connectivity index is 1.54. The van der Waals surface area contributed by atoms with Crippen molar-refractivity contribution in [3.05, 3.63) is 113 Å². The number of hydrogen-bond donors (Lipinski definition) is 1. The van der Waals surface area contributed by atoms with Gasteiger partial charge in [0.05, 0.1) is 38.6 Å². The maximum atomic E-state index is 13.9. The fourth-order valence-electron chi connectivity index (χ4n) is 3.58. The van der Waals surface area contributed by atoms with Gasteiger partial charge >= 0.3 is 0 Å². The number of hydrogen-bond acceptors (Lipinski definition) is 6. The van der Waals surface area contributed by atoms with Gasteiger partial charge in [-0.1, -0.05) is 53.3 Å². The molecule has 0 saturated carbocycles. The van der Waals surface area contributed by atoms with E-state index in [-0.39, 0.29) is 22.7 Å². The summed E-state index contributed by atoms with van der Waals surface area (Å²) in [6.45, 7) is 0.164. The number of para-hydroxylation sites is 2. The van der Waals surface area contributed by atoms with Crippen molar-refractivity contribution in [1.82, 2.24) is 9.97 Å². The van der Waals surface area contributed by atoms with Crippen molar-refractivity contribution in [2.75, 3.05) is 9.62 Å². The van der Waals surface area contributed by atoms with Crippen molar-refractivity contribution in [3.63, 3.8) is 0 Å². The topological polar surface area (TPSA) is 92.3 Å². The first-order valence-electron chi connectivity index (χ1n) is 10.9. The first kappa shape index (κ1) is 23.9. The van der Waals surface area contributed by atoms with Crippen LogP contribution in [-0.2, 0) is 16.6 Å². The van der Waals surface area contributed by atoms with Gasteiger partial charge in [0, 0.05) is 11.2 Å². The highest BCUT2D eigenvalue weighted by molar-refractivity contribution is 7.92. The monoisotopic (exact) mass is 534 g/mol. The van der Waals surface area contributed by atoms with Crippen molar-refractivity contribution in [2.24, 2.45) is 0 Å². The Morgan fingerprint density at radius 3 is 2.39 bits per heavy atom. The molecule has 36 heavy (non-hydrogen) atoms. The molecule has 180 valence electrons. The summed E-state index contributed by atoms with van der Waals surface area (Å²) in [4.78, 5) is 24.5. The minimum Gasteiger partial charge on any atom is -0.279 e. The van der Waals surface area contributed by atoms with Crippen molar-refractivity contribution in [1.29, 1.82) is 0 Å². The SMILES string of the molecule is O=C(c1ccccc1NS(=O)(=O)c1ccc(Cl)cc1)N(Cc1ccccn1)c1nc2ccccc2s1. The quantitative estimate of drug-likeness (QED) is 0.277. The molecule has 0 aliphatic heterocycles. The van der Waals surface area contributed by atoms with Gasteiger partial charge in [0.2, 0.25) is 0 Å². The molecule has 2 aromatic heterocycles. The van der Waals surface area contributed by atoms with E-state index in [0.29, 0.717) is 15.8 Å². The molecule has 0 fully saturated rings. The maximum Gasteiger partial charge on any atom is 0.262 e. The van der Waals surface area contributed by atoms with Gasteiger partial charge in [0.15, 0.2) is 5.13 Å². The Morgan fingerprint density at radius 2 is 1.64 bits per heavy atom. The standard InChI is InChI=1S/C26H19ClN4O3S2/c27-18-12-14-20(15-13-18)36(33,34)30-22-9-2-1-8-21(22)25(32)31(17-19-7-5-6-16-28-19)26-29-23-10-3-4-11-24(23)35-26/h1-16,30H,17H2. The third-order valence-electron chi connectivity index (χ3n) is 5.33. The fraction of sp³-hybridized carbons (Fsp3) is 0.0385. The molecule has 7 nitrogen and oxygen atoms in total. The second-order valence-electron chi connectivity index (χ2n) is 7.78. The predicted molar refractivity (Wildman–Crippen MR) is 143 cm³/mol. The summed E-state index contributed by atoms with van der Waals surface area (Å²) in [6.07, 6.45) is 1.66. The number of pyridine rings is 1. The van der Waals surface area contributed by atoms with Gasteiger partial charge in [0.25, 0.3) is 15.9 Å². The van der Waals surface area contributed by atoms with E-state index in [1.54, 1.807) is 36.5 Å². The number of benzene rings is 3. The number of carbonyl (C=O) groups is 1. The normalized spacial score (nSPS) is 11.4. The molecule has 5 rings (SSSR count). The molecule has 0 aliphatic rings. The molecule has 2 heterocycles. The highest BCUT2D eigenvalue weighted by atomic mass is 35.5. The van der Waals surface area contributed by atoms with Gasteiger partial charge in [-0.25, -0.2) is 13.4 Å². The average Bonchev–Trinajstić information content (AvgIpc) is 3.32. The lowest BCUT2D eigenvalue weighted by Gasteiger charge is -2.21. The van der Waals surface area contributed by atoms with E-state index in [1.165, 1.54) is 40.5 Å². The molecule has 3 aromatic carbocycles. The molecular weight excluding hydrogens is 516 g/mol. The van der Waals surface area contributed by atoms with Crippen LogP contribution in [0.1, 0.15) is 16.1 Å². The smallest absolute Gasteiger partial charge is 0.262 e. The number of nitrogens with one attached hydrogen (secondary N) is 1. The highest BCUT2D eigenvalue weighted by Gasteiger charge is 2.26. The second kappa shape index (κ2) is 10.1. The summed E-state index contributed by atoms with van der Waals surface area (Å²) in [5, 5.41) is 0.910. The molecule has 1 N–H and O–H groups in total. The zero-order valence-electron chi connectivity index (χ0n) is 18.7. The number of thiazole rings is 1. The van der Waals surface area contributed by atoms with Crippen LogP contribution in [0.5, 0.6) is 0 Å². The summed E-state index contributed by atoms with van der Waals surface area (Å²) in [5.74, 6) is -0.408. The molecule has 5 aromatic rings. The van der Waals surface area contributed by atoms with Crippen LogP contribution in [0, 0.1) is 0 Å². The van der Waals surface area contributed by atoms with E-state index in [0.717, 1.165) is 10.2 Å². The van der Waals surface area contributed by atoms with Crippen molar-refractivity contribution < 1.29 is 13.2 Å². The van der Waals surface area contributed by atoms with E-state index in [9.17, 15) is 13.2 Å². The summed E-state index contributed by atoms with van der Waals surface area (Å²) >= 11 is 7.28. The van der Waals surface area contributed by atoms with Gasteiger partial charge in [0.1, 0.15) is 0 Å². The number of nitrogens with zero attached hydrogens (tertiary/aromatic N) is 3. The number of fused-ring (bicyclic) bond motifs is 1. The maximum absolute atomic E-state index is 13.9. The Morgan fingerprint density at radius 1 is 0.917 bits per heavy atom. The second-order valence-corrected chi connectivity index (χ2v) is 10.9. The fourth-order valence-corrected chi connectivity index (χ4v) is 5.75. The van der Waals surface area contributed by atoms with Gasteiger partial charge in [-0.3, -0.25) is 19.4 Å². The summed E-state index contributed by atoms with van der Waals surface area (Å²) < 4.78 is 29.6. The van der Waals surface area contributed by atoms with E-state index in [1.807, 2.05) is 36.4 Å². The molecule has 1 amide bonds. The number of aromatic nitrogens is 2. The molecule has 0 spiro atoms. The molecule has 0 saturated heterocycles. The van der Waals surface area contributed by atoms with Gasteiger partial charge in [-0.15, -0.1) is 0 Å². The van der Waals surface area contributed by atoms with Crippen LogP contribution in [-0.4, -0.2) is 24.3 Å². The number of anilines is 2.